The molecule has 0 bridgehead atoms. The Morgan fingerprint density at radius 2 is 0.374 bits per heavy atom. The number of ether oxygens (including phenoxy) is 5. The zero-order valence-corrected chi connectivity index (χ0v) is 81.5. The Bertz CT molecular complexity index is 2640. The lowest BCUT2D eigenvalue weighted by molar-refractivity contribution is -0.150. The predicted molar refractivity (Wildman–Crippen MR) is 499 cm³/mol. The Balaban J connectivity index is -0.000000446. The van der Waals surface area contributed by atoms with E-state index in [1.54, 1.807) is 0 Å². The third-order valence-electron chi connectivity index (χ3n) is 20.3. The summed E-state index contributed by atoms with van der Waals surface area (Å²) < 4.78 is 24.4. The van der Waals surface area contributed by atoms with E-state index in [1.165, 1.54) is 190 Å². The molecule has 0 aliphatic rings. The average molecular weight is 1880 g/mol. The van der Waals surface area contributed by atoms with Gasteiger partial charge in [-0.15, -0.1) is 0 Å². The Morgan fingerprint density at radius 1 is 0.221 bits per heavy atom. The van der Waals surface area contributed by atoms with Crippen molar-refractivity contribution in [2.24, 2.45) is 0 Å². The third kappa shape index (κ3) is 109. The molecule has 35 heteroatoms. The second-order valence-corrected chi connectivity index (χ2v) is 32.6. The molecule has 4 amide bonds. The number of aliphatic hydroxyl groups excluding tert-OH is 7. The molecular formula is C96H177N5O30. The van der Waals surface area contributed by atoms with Gasteiger partial charge in [0, 0.05) is 84.9 Å². The summed E-state index contributed by atoms with van der Waals surface area (Å²) in [6.07, 6.45) is 47.8. The van der Waals surface area contributed by atoms with E-state index in [0.717, 1.165) is 136 Å². The normalized spacial score (nSPS) is 10.4. The molecule has 0 rings (SSSR count). The van der Waals surface area contributed by atoms with Crippen molar-refractivity contribution >= 4 is 94.3 Å². The molecular weight excluding hydrogens is 1700 g/mol. The van der Waals surface area contributed by atoms with Crippen LogP contribution in [0.3, 0.4) is 0 Å². The number of aliphatic carboxylic acids is 2. The van der Waals surface area contributed by atoms with Gasteiger partial charge in [0.25, 0.3) is 0 Å². The van der Waals surface area contributed by atoms with E-state index < -0.39 is 41.8 Å². The number of esters is 5. The van der Waals surface area contributed by atoms with Gasteiger partial charge in [0.2, 0.25) is 23.6 Å². The number of amides is 4. The number of carbonyl (C=O) groups excluding carboxylic acids is 14. The highest BCUT2D eigenvalue weighted by Gasteiger charge is 2.20. The first-order valence-corrected chi connectivity index (χ1v) is 48.4. The van der Waals surface area contributed by atoms with Crippen LogP contribution in [0, 0.1) is 0 Å². The van der Waals surface area contributed by atoms with Crippen LogP contribution in [0.25, 0.3) is 0 Å². The molecule has 0 aromatic heterocycles. The third-order valence-corrected chi connectivity index (χ3v) is 20.3. The summed E-state index contributed by atoms with van der Waals surface area (Å²) in [7, 11) is 2.26. The Morgan fingerprint density at radius 3 is 0.511 bits per heavy atom. The maximum atomic E-state index is 12.9. The van der Waals surface area contributed by atoms with E-state index in [0.29, 0.717) is 90.6 Å². The SMILES string of the molecule is CC(=O)CC(=O)OCCN(CCOC(=O)CC(C)=O)C(=O)CCCCCCCCCCCCCCCCC(=O)N(CCOC(=O)CC(C)=O)CCOC(=O)CC(C)=O.CO.COC(=O)CC(C)=O.O=C(CCCCCCCCCCCCCCCCC(=O)N(CCO)CCO)N(CCO)CCO.O=C(O)CCCCCCCCCCCCCCCCC(=O)O.OCCNCCO. The Kier molecular flexibility index (Phi) is 107. The van der Waals surface area contributed by atoms with E-state index >= 15 is 0 Å². The summed E-state index contributed by atoms with van der Waals surface area (Å²) in [5, 5.41) is 79.0. The molecule has 35 nitrogen and oxygen atoms in total. The maximum Gasteiger partial charge on any atom is 0.313 e. The lowest BCUT2D eigenvalue weighted by atomic mass is 10.0. The summed E-state index contributed by atoms with van der Waals surface area (Å²) in [4.78, 5) is 188. The van der Waals surface area contributed by atoms with Crippen molar-refractivity contribution in [3.63, 3.8) is 0 Å². The molecule has 0 aromatic rings. The van der Waals surface area contributed by atoms with E-state index in [4.69, 9.17) is 64.9 Å². The van der Waals surface area contributed by atoms with Crippen molar-refractivity contribution in [2.45, 2.75) is 375 Å². The quantitative estimate of drug-likeness (QED) is 0.0117. The number of ketones is 5. The number of aliphatic hydroxyl groups is 7. The van der Waals surface area contributed by atoms with Crippen molar-refractivity contribution in [2.75, 3.05) is 146 Å². The van der Waals surface area contributed by atoms with Gasteiger partial charge in [-0.2, -0.15) is 0 Å². The molecule has 0 saturated heterocycles. The molecule has 0 radical (unpaired) electrons. The van der Waals surface area contributed by atoms with Crippen LogP contribution < -0.4 is 5.32 Å². The Hall–Kier alpha value is -7.80. The lowest BCUT2D eigenvalue weighted by Gasteiger charge is -2.22. The number of unbranched alkanes of at least 4 members (excludes halogenated alkanes) is 39. The van der Waals surface area contributed by atoms with Gasteiger partial charge >= 0.3 is 41.8 Å². The largest absolute Gasteiger partial charge is 0.481 e. The number of hydrogen-bond donors (Lipinski definition) is 10. The Labute approximate surface area is 782 Å². The van der Waals surface area contributed by atoms with Gasteiger partial charge in [-0.05, 0) is 73.1 Å². The topological polar surface area (TPSA) is 526 Å². The number of nitrogens with one attached hydrogen (secondary N) is 1. The molecule has 0 aliphatic carbocycles. The van der Waals surface area contributed by atoms with Crippen molar-refractivity contribution in [3.05, 3.63) is 0 Å². The molecule has 0 unspecified atom stereocenters. The number of Topliss-reactive ketones (excluding diaryl/α,β-unsaturated/α-hetero) is 5. The lowest BCUT2D eigenvalue weighted by Crippen LogP contribution is -2.37. The summed E-state index contributed by atoms with van der Waals surface area (Å²) in [5.74, 6) is -6.16. The minimum absolute atomic E-state index is 0.0272. The fourth-order valence-corrected chi connectivity index (χ4v) is 13.2. The smallest absolute Gasteiger partial charge is 0.313 e. The second kappa shape index (κ2) is 104. The van der Waals surface area contributed by atoms with Crippen molar-refractivity contribution in [1.29, 1.82) is 0 Å². The molecule has 131 heavy (non-hydrogen) atoms. The summed E-state index contributed by atoms with van der Waals surface area (Å²) in [5.41, 5.74) is 0. The molecule has 0 aromatic carbocycles. The molecule has 0 heterocycles. The van der Waals surface area contributed by atoms with Crippen LogP contribution in [0.5, 0.6) is 0 Å². The average Bonchev–Trinajstić information content (AvgIpc) is 0.914. The molecule has 0 aliphatic heterocycles. The number of nitrogens with zero attached hydrogens (tertiary/aromatic N) is 4. The van der Waals surface area contributed by atoms with Gasteiger partial charge in [-0.3, -0.25) is 76.7 Å². The highest BCUT2D eigenvalue weighted by atomic mass is 16.6. The maximum absolute atomic E-state index is 12.9. The van der Waals surface area contributed by atoms with Crippen LogP contribution in [-0.2, 0) is 100 Å². The van der Waals surface area contributed by atoms with Crippen LogP contribution in [0.1, 0.15) is 375 Å². The molecule has 10 N–H and O–H groups in total. The van der Waals surface area contributed by atoms with Crippen molar-refractivity contribution < 1.29 is 146 Å². The van der Waals surface area contributed by atoms with E-state index in [1.807, 2.05) is 0 Å². The first-order chi connectivity index (χ1) is 62.9. The minimum atomic E-state index is -0.679. The summed E-state index contributed by atoms with van der Waals surface area (Å²) in [6, 6.07) is 0. The monoisotopic (exact) mass is 1880 g/mol. The molecule has 0 saturated carbocycles. The number of hydrogen-bond acceptors (Lipinski definition) is 29. The van der Waals surface area contributed by atoms with Gasteiger partial charge in [-0.25, -0.2) is 0 Å². The van der Waals surface area contributed by atoms with Crippen molar-refractivity contribution in [1.82, 2.24) is 24.9 Å². The standard InChI is InChI=1S/C42H68N2O14.C26H52N2O6.C18H34O4.C5H8O3.C4H11NO2.CH4O/c1-33(45)29-39(51)55-25-21-43(22-26-56-40(52)30-34(2)46)37(49)19-17-15-13-11-9-7-5-6-8-10-12-14-16-18-20-38(50)44(23-27-57-41(53)31-35(3)47)24-28-58-42(54)32-36(4)48;29-21-17-27(18-22-30)25(33)15-13-11-9-7-5-3-1-2-4-6-8-10-12-14-16-26(34)28(19-23-31)20-24-32;19-17(20)15-13-11-9-7-5-3-1-2-4-6-8-10-12-14-16-18(21)22;1-4(6)3-5(7)8-2;6-3-1-5-2-4-7;1-2/h5-32H2,1-4H3;29-32H,1-24H2;1-16H2,(H,19,20)(H,21,22);3H2,1-2H3;5-7H,1-4H2;2H,1H3. The fourth-order valence-electron chi connectivity index (χ4n) is 13.2. The number of rotatable bonds is 85. The van der Waals surface area contributed by atoms with Gasteiger partial charge in [-0.1, -0.05) is 231 Å². The van der Waals surface area contributed by atoms with Crippen LogP contribution in [0.2, 0.25) is 0 Å². The number of carbonyl (C=O) groups is 16. The second-order valence-electron chi connectivity index (χ2n) is 32.6. The summed E-state index contributed by atoms with van der Waals surface area (Å²) >= 11 is 0. The van der Waals surface area contributed by atoms with E-state index in [-0.39, 0.29) is 177 Å². The van der Waals surface area contributed by atoms with Crippen LogP contribution in [-0.4, -0.2) is 306 Å². The summed E-state index contributed by atoms with van der Waals surface area (Å²) in [6.45, 7) is 8.98. The highest BCUT2D eigenvalue weighted by Crippen LogP contribution is 2.19. The minimum Gasteiger partial charge on any atom is -0.481 e. The molecule has 766 valence electrons. The molecule has 0 fully saturated rings. The van der Waals surface area contributed by atoms with Crippen LogP contribution in [0.15, 0.2) is 0 Å². The van der Waals surface area contributed by atoms with Crippen LogP contribution in [0.4, 0.5) is 0 Å². The fraction of sp³-hybridized carbons (Fsp3) is 0.833. The van der Waals surface area contributed by atoms with Gasteiger partial charge in [0.1, 0.15) is 87.4 Å². The molecule has 0 atom stereocenters. The van der Waals surface area contributed by atoms with Gasteiger partial charge in [0.15, 0.2) is 0 Å². The van der Waals surface area contributed by atoms with Gasteiger partial charge in [0.05, 0.1) is 72.9 Å². The van der Waals surface area contributed by atoms with Crippen LogP contribution >= 0.6 is 0 Å². The van der Waals surface area contributed by atoms with Gasteiger partial charge < -0.3 is 94.6 Å². The zero-order valence-electron chi connectivity index (χ0n) is 81.5. The van der Waals surface area contributed by atoms with E-state index in [9.17, 15) is 76.7 Å². The predicted octanol–water partition coefficient (Wildman–Crippen LogP) is 11.5. The van der Waals surface area contributed by atoms with E-state index in [2.05, 4.69) is 10.1 Å². The first kappa shape index (κ1) is 134. The number of methoxy groups -OCH3 is 1. The zero-order chi connectivity index (χ0) is 99.4. The number of carboxylic acid groups (broad SMARTS) is 2. The first-order valence-electron chi connectivity index (χ1n) is 48.4. The van der Waals surface area contributed by atoms with Crippen molar-refractivity contribution in [3.8, 4) is 0 Å². The number of carboxylic acids is 2. The molecule has 0 spiro atoms. The highest BCUT2D eigenvalue weighted by molar-refractivity contribution is 5.96.